The summed E-state index contributed by atoms with van der Waals surface area (Å²) in [7, 11) is -4.05. The van der Waals surface area contributed by atoms with Crippen molar-refractivity contribution in [3.8, 4) is 17.6 Å². The molecule has 1 aliphatic rings. The number of anilines is 2. The minimum Gasteiger partial charge on any atom is -0.457 e. The van der Waals surface area contributed by atoms with Gasteiger partial charge in [0.15, 0.2) is 4.91 Å². The second kappa shape index (κ2) is 6.83. The van der Waals surface area contributed by atoms with Gasteiger partial charge >= 0.3 is 0 Å². The van der Waals surface area contributed by atoms with Crippen LogP contribution in [0.15, 0.2) is 88.8 Å². The molecule has 0 radical (unpaired) electrons. The minimum atomic E-state index is -4.05. The Balaban J connectivity index is 1.73. The first-order chi connectivity index (χ1) is 13.5. The molecule has 4 rings (SSSR count). The highest BCUT2D eigenvalue weighted by Crippen LogP contribution is 2.40. The number of para-hydroxylation sites is 1. The number of rotatable bonds is 3. The molecule has 3 aromatic carbocycles. The number of nitriles is 1. The van der Waals surface area contributed by atoms with Gasteiger partial charge in [0.05, 0.1) is 10.6 Å². The first-order valence-electron chi connectivity index (χ1n) is 8.28. The maximum absolute atomic E-state index is 13.7. The van der Waals surface area contributed by atoms with Crippen LogP contribution in [0.5, 0.6) is 11.5 Å². The lowest BCUT2D eigenvalue weighted by molar-refractivity contribution is 0.483. The highest BCUT2D eigenvalue weighted by Gasteiger charge is 2.32. The molecule has 1 heterocycles. The molecule has 0 unspecified atom stereocenters. The molecule has 3 aromatic rings. The lowest BCUT2D eigenvalue weighted by Gasteiger charge is -2.27. The molecule has 0 aromatic heterocycles. The maximum Gasteiger partial charge on any atom is 0.220 e. The summed E-state index contributed by atoms with van der Waals surface area (Å²) in [6.45, 7) is 0. The number of allylic oxidation sites excluding steroid dienone is 1. The summed E-state index contributed by atoms with van der Waals surface area (Å²) in [5.41, 5.74) is 0.882. The van der Waals surface area contributed by atoms with Crippen LogP contribution in [-0.4, -0.2) is 8.42 Å². The predicted molar refractivity (Wildman–Crippen MR) is 102 cm³/mol. The highest BCUT2D eigenvalue weighted by atomic mass is 32.2. The van der Waals surface area contributed by atoms with Gasteiger partial charge in [-0.1, -0.05) is 18.2 Å². The van der Waals surface area contributed by atoms with Crippen molar-refractivity contribution in [3.05, 3.63) is 89.7 Å². The van der Waals surface area contributed by atoms with Crippen molar-refractivity contribution in [3.63, 3.8) is 0 Å². The topological polar surface area (TPSA) is 70.4 Å². The zero-order valence-corrected chi connectivity index (χ0v) is 15.2. The van der Waals surface area contributed by atoms with E-state index in [-0.39, 0.29) is 10.6 Å². The third-order valence-corrected chi connectivity index (χ3v) is 5.89. The molecule has 0 saturated carbocycles. The number of ether oxygens (including phenoxy) is 1. The van der Waals surface area contributed by atoms with Crippen molar-refractivity contribution in [2.75, 3.05) is 4.90 Å². The highest BCUT2D eigenvalue weighted by molar-refractivity contribution is 7.95. The Morgan fingerprint density at radius 1 is 0.929 bits per heavy atom. The Hall–Kier alpha value is -3.63. The van der Waals surface area contributed by atoms with Crippen LogP contribution in [0.2, 0.25) is 0 Å². The summed E-state index contributed by atoms with van der Waals surface area (Å²) >= 11 is 0. The van der Waals surface area contributed by atoms with Gasteiger partial charge in [0, 0.05) is 11.9 Å². The van der Waals surface area contributed by atoms with Crippen molar-refractivity contribution in [1.82, 2.24) is 0 Å². The Morgan fingerprint density at radius 2 is 1.61 bits per heavy atom. The molecule has 0 fully saturated rings. The zero-order valence-electron chi connectivity index (χ0n) is 14.4. The van der Waals surface area contributed by atoms with Gasteiger partial charge in [0.25, 0.3) is 0 Å². The van der Waals surface area contributed by atoms with Gasteiger partial charge < -0.3 is 9.64 Å². The van der Waals surface area contributed by atoms with Crippen LogP contribution in [-0.2, 0) is 9.84 Å². The lowest BCUT2D eigenvalue weighted by Crippen LogP contribution is -2.21. The van der Waals surface area contributed by atoms with Crippen molar-refractivity contribution < 1.29 is 17.5 Å². The monoisotopic (exact) mass is 392 g/mol. The number of hydrogen-bond donors (Lipinski definition) is 0. The fourth-order valence-corrected chi connectivity index (χ4v) is 4.19. The number of sulfone groups is 1. The Kier molecular flexibility index (Phi) is 4.34. The van der Waals surface area contributed by atoms with Gasteiger partial charge in [0.1, 0.15) is 23.4 Å². The minimum absolute atomic E-state index is 0.240. The van der Waals surface area contributed by atoms with E-state index in [1.165, 1.54) is 18.3 Å². The van der Waals surface area contributed by atoms with Crippen LogP contribution in [0.1, 0.15) is 0 Å². The third kappa shape index (κ3) is 3.10. The predicted octanol–water partition coefficient (Wildman–Crippen LogP) is 4.91. The van der Waals surface area contributed by atoms with Crippen molar-refractivity contribution in [2.24, 2.45) is 0 Å². The van der Waals surface area contributed by atoms with Crippen LogP contribution >= 0.6 is 0 Å². The van der Waals surface area contributed by atoms with E-state index >= 15 is 0 Å². The van der Waals surface area contributed by atoms with Gasteiger partial charge in [0.2, 0.25) is 9.84 Å². The first-order valence-corrected chi connectivity index (χ1v) is 9.76. The summed E-state index contributed by atoms with van der Waals surface area (Å²) in [6.07, 6.45) is 1.24. The number of benzene rings is 3. The van der Waals surface area contributed by atoms with Gasteiger partial charge in [-0.15, -0.1) is 0 Å². The normalized spacial score (nSPS) is 14.6. The van der Waals surface area contributed by atoms with Gasteiger partial charge in [-0.3, -0.25) is 0 Å². The van der Waals surface area contributed by atoms with Gasteiger partial charge in [-0.05, 0) is 54.6 Å². The standard InChI is InChI=1S/C21H13FN2O3S/c22-15-6-11-20-21(12-15)28(25,26)19(13-23)14-24(20)16-7-9-18(10-8-16)27-17-4-2-1-3-5-17/h1-12,14H. The van der Waals surface area contributed by atoms with Crippen molar-refractivity contribution in [2.45, 2.75) is 4.90 Å². The van der Waals surface area contributed by atoms with E-state index in [0.29, 0.717) is 17.2 Å². The van der Waals surface area contributed by atoms with E-state index in [1.54, 1.807) is 35.2 Å². The zero-order chi connectivity index (χ0) is 19.7. The number of hydrogen-bond acceptors (Lipinski definition) is 5. The van der Waals surface area contributed by atoms with E-state index < -0.39 is 20.6 Å². The molecule has 138 valence electrons. The second-order valence-corrected chi connectivity index (χ2v) is 7.89. The lowest BCUT2D eigenvalue weighted by atomic mass is 10.2. The fraction of sp³-hybridized carbons (Fsp3) is 0. The summed E-state index contributed by atoms with van der Waals surface area (Å²) in [5.74, 6) is 0.600. The van der Waals surface area contributed by atoms with Crippen LogP contribution in [0.4, 0.5) is 15.8 Å². The van der Waals surface area contributed by atoms with E-state index in [9.17, 15) is 18.1 Å². The van der Waals surface area contributed by atoms with Crippen LogP contribution in [0, 0.1) is 17.1 Å². The molecule has 0 aliphatic carbocycles. The average molecular weight is 392 g/mol. The molecule has 7 heteroatoms. The molecule has 0 bridgehead atoms. The van der Waals surface area contributed by atoms with E-state index in [0.717, 1.165) is 6.07 Å². The Bertz CT molecular complexity index is 1210. The van der Waals surface area contributed by atoms with Gasteiger partial charge in [-0.25, -0.2) is 12.8 Å². The molecular weight excluding hydrogens is 379 g/mol. The van der Waals surface area contributed by atoms with E-state index in [1.807, 2.05) is 30.3 Å². The van der Waals surface area contributed by atoms with Gasteiger partial charge in [-0.2, -0.15) is 5.26 Å². The summed E-state index contributed by atoms with van der Waals surface area (Å²) < 4.78 is 44.4. The molecule has 0 N–H and O–H groups in total. The SMILES string of the molecule is N#CC1=CN(c2ccc(Oc3ccccc3)cc2)c2ccc(F)cc2S1(=O)=O. The van der Waals surface area contributed by atoms with Crippen molar-refractivity contribution >= 4 is 21.2 Å². The smallest absolute Gasteiger partial charge is 0.220 e. The molecule has 5 nitrogen and oxygen atoms in total. The summed E-state index contributed by atoms with van der Waals surface area (Å²) in [6, 6.07) is 21.4. The molecule has 0 spiro atoms. The fourth-order valence-electron chi connectivity index (χ4n) is 2.88. The molecule has 0 atom stereocenters. The maximum atomic E-state index is 13.7. The number of nitrogens with zero attached hydrogens (tertiary/aromatic N) is 2. The summed E-state index contributed by atoms with van der Waals surface area (Å²) in [4.78, 5) is 0.854. The number of halogens is 1. The van der Waals surface area contributed by atoms with E-state index in [2.05, 4.69) is 0 Å². The molecule has 0 amide bonds. The number of fused-ring (bicyclic) bond motifs is 1. The quantitative estimate of drug-likeness (QED) is 0.633. The first kappa shape index (κ1) is 17.8. The van der Waals surface area contributed by atoms with Crippen LogP contribution in [0.3, 0.4) is 0 Å². The summed E-state index contributed by atoms with van der Waals surface area (Å²) in [5, 5.41) is 9.26. The van der Waals surface area contributed by atoms with Crippen LogP contribution < -0.4 is 9.64 Å². The molecule has 1 aliphatic heterocycles. The van der Waals surface area contributed by atoms with Crippen LogP contribution in [0.25, 0.3) is 0 Å². The Labute approximate surface area is 161 Å². The molecule has 28 heavy (non-hydrogen) atoms. The largest absolute Gasteiger partial charge is 0.457 e. The second-order valence-electron chi connectivity index (χ2n) is 6.00. The van der Waals surface area contributed by atoms with Crippen molar-refractivity contribution in [1.29, 1.82) is 5.26 Å². The van der Waals surface area contributed by atoms with E-state index in [4.69, 9.17) is 4.74 Å². The molecular formula is C21H13FN2O3S. The average Bonchev–Trinajstić information content (AvgIpc) is 2.70. The molecule has 0 saturated heterocycles. The third-order valence-electron chi connectivity index (χ3n) is 4.21. The Morgan fingerprint density at radius 3 is 2.29 bits per heavy atom.